The van der Waals surface area contributed by atoms with Crippen LogP contribution in [-0.2, 0) is 17.5 Å². The summed E-state index contributed by atoms with van der Waals surface area (Å²) in [6.07, 6.45) is -3.94. The molecule has 1 aromatic carbocycles. The molecule has 0 spiro atoms. The molecule has 0 saturated carbocycles. The SMILES string of the molecule is CCNC(=O)[C@@H]1C[C@H](N)CN1Cc1ccccc1C(F)(F)F. The molecule has 3 N–H and O–H groups in total. The van der Waals surface area contributed by atoms with Gasteiger partial charge >= 0.3 is 6.18 Å². The van der Waals surface area contributed by atoms with E-state index in [0.717, 1.165) is 6.07 Å². The summed E-state index contributed by atoms with van der Waals surface area (Å²) < 4.78 is 39.2. The predicted octanol–water partition coefficient (Wildman–Crippen LogP) is 1.74. The normalized spacial score (nSPS) is 22.8. The highest BCUT2D eigenvalue weighted by atomic mass is 19.4. The molecule has 0 unspecified atom stereocenters. The van der Waals surface area contributed by atoms with Crippen molar-refractivity contribution in [2.75, 3.05) is 13.1 Å². The van der Waals surface area contributed by atoms with E-state index in [-0.39, 0.29) is 24.1 Å². The van der Waals surface area contributed by atoms with Crippen molar-refractivity contribution in [2.45, 2.75) is 38.1 Å². The van der Waals surface area contributed by atoms with E-state index in [2.05, 4.69) is 5.32 Å². The Morgan fingerprint density at radius 3 is 2.73 bits per heavy atom. The number of benzene rings is 1. The number of nitrogens with zero attached hydrogens (tertiary/aromatic N) is 1. The molecule has 22 heavy (non-hydrogen) atoms. The largest absolute Gasteiger partial charge is 0.416 e. The van der Waals surface area contributed by atoms with Crippen LogP contribution in [0.25, 0.3) is 0 Å². The van der Waals surface area contributed by atoms with Crippen molar-refractivity contribution in [2.24, 2.45) is 5.73 Å². The van der Waals surface area contributed by atoms with Crippen LogP contribution < -0.4 is 11.1 Å². The summed E-state index contributed by atoms with van der Waals surface area (Å²) in [5, 5.41) is 2.71. The van der Waals surface area contributed by atoms with Crippen LogP contribution in [0.15, 0.2) is 24.3 Å². The van der Waals surface area contributed by atoms with E-state index < -0.39 is 17.8 Å². The Morgan fingerprint density at radius 1 is 1.41 bits per heavy atom. The number of likely N-dealkylation sites (tertiary alicyclic amines) is 1. The minimum absolute atomic E-state index is 0.0607. The van der Waals surface area contributed by atoms with Gasteiger partial charge in [0, 0.05) is 25.7 Å². The third kappa shape index (κ3) is 3.78. The molecule has 0 radical (unpaired) electrons. The Bertz CT molecular complexity index is 533. The first-order chi connectivity index (χ1) is 10.3. The molecule has 2 rings (SSSR count). The first kappa shape index (κ1) is 16.8. The molecule has 7 heteroatoms. The highest BCUT2D eigenvalue weighted by Crippen LogP contribution is 2.33. The highest BCUT2D eigenvalue weighted by molar-refractivity contribution is 5.82. The number of halogens is 3. The van der Waals surface area contributed by atoms with Gasteiger partial charge in [-0.15, -0.1) is 0 Å². The molecule has 1 saturated heterocycles. The summed E-state index contributed by atoms with van der Waals surface area (Å²) >= 11 is 0. The molecule has 0 aromatic heterocycles. The minimum atomic E-state index is -4.40. The molecule has 0 aliphatic carbocycles. The van der Waals surface area contributed by atoms with Gasteiger partial charge in [-0.1, -0.05) is 18.2 Å². The van der Waals surface area contributed by atoms with Gasteiger partial charge in [-0.3, -0.25) is 9.69 Å². The Morgan fingerprint density at radius 2 is 2.09 bits per heavy atom. The van der Waals surface area contributed by atoms with E-state index in [1.54, 1.807) is 17.9 Å². The number of hydrogen-bond acceptors (Lipinski definition) is 3. The molecule has 122 valence electrons. The lowest BCUT2D eigenvalue weighted by Gasteiger charge is -2.24. The molecule has 1 aromatic rings. The monoisotopic (exact) mass is 315 g/mol. The van der Waals surface area contributed by atoms with Crippen molar-refractivity contribution >= 4 is 5.91 Å². The first-order valence-electron chi connectivity index (χ1n) is 7.25. The summed E-state index contributed by atoms with van der Waals surface area (Å²) in [7, 11) is 0. The lowest BCUT2D eigenvalue weighted by atomic mass is 10.1. The molecule has 1 aliphatic rings. The smallest absolute Gasteiger partial charge is 0.355 e. The lowest BCUT2D eigenvalue weighted by molar-refractivity contribution is -0.138. The van der Waals surface area contributed by atoms with Crippen LogP contribution in [0.5, 0.6) is 0 Å². The summed E-state index contributed by atoms with van der Waals surface area (Å²) in [6.45, 7) is 2.76. The van der Waals surface area contributed by atoms with Crippen molar-refractivity contribution in [1.82, 2.24) is 10.2 Å². The highest BCUT2D eigenvalue weighted by Gasteiger charge is 2.37. The Balaban J connectivity index is 2.20. The average molecular weight is 315 g/mol. The van der Waals surface area contributed by atoms with Crippen molar-refractivity contribution < 1.29 is 18.0 Å². The van der Waals surface area contributed by atoms with Crippen molar-refractivity contribution in [3.05, 3.63) is 35.4 Å². The standard InChI is InChI=1S/C15H20F3N3O/c1-2-20-14(22)13-7-11(19)9-21(13)8-10-5-3-4-6-12(10)15(16,17)18/h3-6,11,13H,2,7-9,19H2,1H3,(H,20,22)/t11-,13-/m0/s1. The molecular formula is C15H20F3N3O. The van der Waals surface area contributed by atoms with Crippen LogP contribution in [0.2, 0.25) is 0 Å². The zero-order valence-corrected chi connectivity index (χ0v) is 12.4. The Hall–Kier alpha value is -1.60. The summed E-state index contributed by atoms with van der Waals surface area (Å²) in [5.41, 5.74) is 5.39. The number of carbonyl (C=O) groups excluding carboxylic acids is 1. The molecule has 1 fully saturated rings. The number of hydrogen-bond donors (Lipinski definition) is 2. The number of nitrogens with one attached hydrogen (secondary N) is 1. The summed E-state index contributed by atoms with van der Waals surface area (Å²) in [5.74, 6) is -0.181. The number of amides is 1. The second-order valence-corrected chi connectivity index (χ2v) is 5.49. The molecule has 1 amide bonds. The summed E-state index contributed by atoms with van der Waals surface area (Å²) in [6, 6.07) is 4.76. The maximum absolute atomic E-state index is 13.1. The quantitative estimate of drug-likeness (QED) is 0.890. The number of alkyl halides is 3. The average Bonchev–Trinajstić information content (AvgIpc) is 2.79. The molecular weight excluding hydrogens is 295 g/mol. The van der Waals surface area contributed by atoms with Crippen molar-refractivity contribution in [1.29, 1.82) is 0 Å². The second kappa shape index (κ2) is 6.66. The van der Waals surface area contributed by atoms with E-state index >= 15 is 0 Å². The van der Waals surface area contributed by atoms with Gasteiger partial charge in [-0.05, 0) is 25.0 Å². The minimum Gasteiger partial charge on any atom is -0.355 e. The van der Waals surface area contributed by atoms with Crippen LogP contribution in [-0.4, -0.2) is 36.0 Å². The van der Waals surface area contributed by atoms with Crippen molar-refractivity contribution in [3.8, 4) is 0 Å². The van der Waals surface area contributed by atoms with E-state index in [1.165, 1.54) is 12.1 Å². The first-order valence-corrected chi connectivity index (χ1v) is 7.25. The lowest BCUT2D eigenvalue weighted by Crippen LogP contribution is -2.43. The van der Waals surface area contributed by atoms with Crippen LogP contribution in [0, 0.1) is 0 Å². The van der Waals surface area contributed by atoms with Crippen LogP contribution >= 0.6 is 0 Å². The van der Waals surface area contributed by atoms with Crippen molar-refractivity contribution in [3.63, 3.8) is 0 Å². The molecule has 1 aliphatic heterocycles. The Kier molecular flexibility index (Phi) is 5.08. The Labute approximate surface area is 127 Å². The molecule has 0 bridgehead atoms. The zero-order valence-electron chi connectivity index (χ0n) is 12.4. The van der Waals surface area contributed by atoms with Gasteiger partial charge in [-0.2, -0.15) is 13.2 Å². The van der Waals surface area contributed by atoms with E-state index in [9.17, 15) is 18.0 Å². The van der Waals surface area contributed by atoms with Gasteiger partial charge in [0.05, 0.1) is 11.6 Å². The van der Waals surface area contributed by atoms with Gasteiger partial charge in [-0.25, -0.2) is 0 Å². The predicted molar refractivity (Wildman–Crippen MR) is 76.9 cm³/mol. The third-order valence-corrected chi connectivity index (χ3v) is 3.79. The number of rotatable bonds is 4. The van der Waals surface area contributed by atoms with E-state index in [4.69, 9.17) is 5.73 Å². The zero-order chi connectivity index (χ0) is 16.3. The van der Waals surface area contributed by atoms with Gasteiger partial charge in [0.25, 0.3) is 0 Å². The number of likely N-dealkylation sites (N-methyl/N-ethyl adjacent to an activating group) is 1. The van der Waals surface area contributed by atoms with E-state index in [0.29, 0.717) is 19.5 Å². The molecule has 1 heterocycles. The number of carbonyl (C=O) groups is 1. The molecule has 4 nitrogen and oxygen atoms in total. The topological polar surface area (TPSA) is 58.4 Å². The molecule has 2 atom stereocenters. The van der Waals surface area contributed by atoms with Crippen LogP contribution in [0.1, 0.15) is 24.5 Å². The fourth-order valence-electron chi connectivity index (χ4n) is 2.83. The van der Waals surface area contributed by atoms with Crippen LogP contribution in [0.3, 0.4) is 0 Å². The maximum atomic E-state index is 13.1. The maximum Gasteiger partial charge on any atom is 0.416 e. The fraction of sp³-hybridized carbons (Fsp3) is 0.533. The van der Waals surface area contributed by atoms with Gasteiger partial charge in [0.15, 0.2) is 0 Å². The second-order valence-electron chi connectivity index (χ2n) is 5.49. The van der Waals surface area contributed by atoms with Gasteiger partial charge < -0.3 is 11.1 Å². The van der Waals surface area contributed by atoms with Gasteiger partial charge in [0.2, 0.25) is 5.91 Å². The summed E-state index contributed by atoms with van der Waals surface area (Å²) in [4.78, 5) is 13.8. The van der Waals surface area contributed by atoms with E-state index in [1.807, 2.05) is 0 Å². The number of nitrogens with two attached hydrogens (primary N) is 1. The third-order valence-electron chi connectivity index (χ3n) is 3.79. The van der Waals surface area contributed by atoms with Crippen LogP contribution in [0.4, 0.5) is 13.2 Å². The van der Waals surface area contributed by atoms with Gasteiger partial charge in [0.1, 0.15) is 0 Å². The fourth-order valence-corrected chi connectivity index (χ4v) is 2.83.